The molecule has 0 unspecified atom stereocenters. The zero-order chi connectivity index (χ0) is 26.3. The highest BCUT2D eigenvalue weighted by atomic mass is 32.2. The third kappa shape index (κ3) is 6.39. The monoisotopic (exact) mass is 512 g/mol. The molecule has 37 heavy (non-hydrogen) atoms. The van der Waals surface area contributed by atoms with E-state index >= 15 is 0 Å². The van der Waals surface area contributed by atoms with Crippen molar-refractivity contribution in [2.45, 2.75) is 23.9 Å². The zero-order valence-corrected chi connectivity index (χ0v) is 21.4. The lowest BCUT2D eigenvalue weighted by Gasteiger charge is -2.25. The number of ether oxygens (including phenoxy) is 1. The Hall–Kier alpha value is -4.07. The summed E-state index contributed by atoms with van der Waals surface area (Å²) in [4.78, 5) is 18.2. The van der Waals surface area contributed by atoms with Crippen LogP contribution in [0.3, 0.4) is 0 Å². The van der Waals surface area contributed by atoms with Crippen LogP contribution in [0.25, 0.3) is 0 Å². The van der Waals surface area contributed by atoms with Crippen molar-refractivity contribution >= 4 is 21.7 Å². The minimum Gasteiger partial charge on any atom is -0.467 e. The van der Waals surface area contributed by atoms with Crippen LogP contribution >= 0.6 is 0 Å². The molecule has 4 rings (SSSR count). The Balaban J connectivity index is 1.88. The van der Waals surface area contributed by atoms with Crippen molar-refractivity contribution in [3.8, 4) is 0 Å². The molecule has 0 saturated heterocycles. The summed E-state index contributed by atoms with van der Waals surface area (Å²) in [6.45, 7) is 1.88. The van der Waals surface area contributed by atoms with Gasteiger partial charge in [-0.3, -0.25) is 4.99 Å². The Labute approximate surface area is 217 Å². The molecular formula is C30H28N2O4S. The van der Waals surface area contributed by atoms with E-state index in [4.69, 9.17) is 9.73 Å². The highest BCUT2D eigenvalue weighted by molar-refractivity contribution is 7.89. The second kappa shape index (κ2) is 11.8. The van der Waals surface area contributed by atoms with Crippen molar-refractivity contribution in [3.05, 3.63) is 138 Å². The van der Waals surface area contributed by atoms with Gasteiger partial charge in [0.1, 0.15) is 0 Å². The quantitative estimate of drug-likeness (QED) is 0.250. The first kappa shape index (κ1) is 26.0. The normalized spacial score (nSPS) is 12.8. The molecule has 1 N–H and O–H groups in total. The minimum atomic E-state index is -4.00. The number of aliphatic imine (C=N–C) groups is 1. The van der Waals surface area contributed by atoms with E-state index in [2.05, 4.69) is 4.72 Å². The van der Waals surface area contributed by atoms with Gasteiger partial charge in [-0.2, -0.15) is 0 Å². The summed E-state index contributed by atoms with van der Waals surface area (Å²) in [6.07, 6.45) is 0. The molecule has 2 atom stereocenters. The van der Waals surface area contributed by atoms with Crippen LogP contribution < -0.4 is 4.72 Å². The fraction of sp³-hybridized carbons (Fsp3) is 0.133. The van der Waals surface area contributed by atoms with E-state index in [9.17, 15) is 13.2 Å². The van der Waals surface area contributed by atoms with Gasteiger partial charge >= 0.3 is 5.97 Å². The molecule has 0 radical (unpaired) electrons. The Morgan fingerprint density at radius 1 is 0.757 bits per heavy atom. The molecule has 0 spiro atoms. The van der Waals surface area contributed by atoms with E-state index in [0.29, 0.717) is 11.3 Å². The number of hydrogen-bond donors (Lipinski definition) is 1. The largest absolute Gasteiger partial charge is 0.467 e. The van der Waals surface area contributed by atoms with Crippen LogP contribution in [0.15, 0.2) is 125 Å². The maximum Gasteiger partial charge on any atom is 0.332 e. The fourth-order valence-corrected chi connectivity index (χ4v) is 5.19. The van der Waals surface area contributed by atoms with E-state index in [1.165, 1.54) is 19.2 Å². The maximum absolute atomic E-state index is 13.5. The van der Waals surface area contributed by atoms with Crippen molar-refractivity contribution in [2.75, 3.05) is 7.11 Å². The Kier molecular flexibility index (Phi) is 8.28. The number of nitrogens with zero attached hydrogens (tertiary/aromatic N) is 1. The van der Waals surface area contributed by atoms with Crippen molar-refractivity contribution in [1.82, 2.24) is 4.72 Å². The van der Waals surface area contributed by atoms with Crippen LogP contribution in [-0.4, -0.2) is 33.3 Å². The van der Waals surface area contributed by atoms with Crippen LogP contribution in [0.1, 0.15) is 28.3 Å². The third-order valence-corrected chi connectivity index (χ3v) is 7.35. The predicted molar refractivity (Wildman–Crippen MR) is 145 cm³/mol. The van der Waals surface area contributed by atoms with Gasteiger partial charge in [-0.1, -0.05) is 109 Å². The van der Waals surface area contributed by atoms with Crippen LogP contribution in [0.5, 0.6) is 0 Å². The highest BCUT2D eigenvalue weighted by Crippen LogP contribution is 2.26. The molecular weight excluding hydrogens is 484 g/mol. The molecule has 6 nitrogen and oxygen atoms in total. The second-order valence-corrected chi connectivity index (χ2v) is 10.2. The number of carbonyl (C=O) groups is 1. The Morgan fingerprint density at radius 2 is 1.24 bits per heavy atom. The van der Waals surface area contributed by atoms with Gasteiger partial charge in [0.15, 0.2) is 6.04 Å². The zero-order valence-electron chi connectivity index (χ0n) is 20.6. The Bertz CT molecular complexity index is 1410. The van der Waals surface area contributed by atoms with Gasteiger partial charge in [0.2, 0.25) is 10.0 Å². The van der Waals surface area contributed by atoms with Crippen LogP contribution in [0.2, 0.25) is 0 Å². The molecule has 0 aliphatic carbocycles. The number of hydrogen-bond acceptors (Lipinski definition) is 5. The molecule has 0 fully saturated rings. The highest BCUT2D eigenvalue weighted by Gasteiger charge is 2.34. The molecule has 4 aromatic rings. The molecule has 0 aliphatic rings. The lowest BCUT2D eigenvalue weighted by Crippen LogP contribution is -2.40. The summed E-state index contributed by atoms with van der Waals surface area (Å²) in [5.41, 5.74) is 3.64. The van der Waals surface area contributed by atoms with Gasteiger partial charge in [-0.05, 0) is 24.6 Å². The predicted octanol–water partition coefficient (Wildman–Crippen LogP) is 5.09. The van der Waals surface area contributed by atoms with E-state index < -0.39 is 28.1 Å². The molecule has 0 aromatic heterocycles. The first-order valence-electron chi connectivity index (χ1n) is 11.8. The lowest BCUT2D eigenvalue weighted by molar-refractivity contribution is -0.142. The standard InChI is InChI=1S/C30H28N2O4S/c1-22-18-20-26(21-19-22)37(34,35)32-28(25-16-10-5-11-17-25)29(30(33)36-2)31-27(23-12-6-3-7-13-23)24-14-8-4-9-15-24/h3-21,28-29,32H,1-2H3/t28-,29-/m0/s1. The van der Waals surface area contributed by atoms with Gasteiger partial charge in [0.05, 0.1) is 23.8 Å². The number of nitrogens with one attached hydrogen (secondary N) is 1. The summed E-state index contributed by atoms with van der Waals surface area (Å²) in [7, 11) is -2.73. The smallest absolute Gasteiger partial charge is 0.332 e. The number of methoxy groups -OCH3 is 1. The van der Waals surface area contributed by atoms with E-state index in [0.717, 1.165) is 16.7 Å². The molecule has 7 heteroatoms. The molecule has 0 heterocycles. The average Bonchev–Trinajstić information content (AvgIpc) is 2.94. The van der Waals surface area contributed by atoms with Crippen molar-refractivity contribution in [1.29, 1.82) is 0 Å². The molecule has 188 valence electrons. The van der Waals surface area contributed by atoms with E-state index in [1.807, 2.05) is 73.7 Å². The number of aryl methyl sites for hydroxylation is 1. The molecule has 0 aliphatic heterocycles. The number of esters is 1. The first-order valence-corrected chi connectivity index (χ1v) is 13.3. The summed E-state index contributed by atoms with van der Waals surface area (Å²) < 4.78 is 34.8. The molecule has 0 saturated carbocycles. The minimum absolute atomic E-state index is 0.0953. The summed E-state index contributed by atoms with van der Waals surface area (Å²) in [5.74, 6) is -0.662. The lowest BCUT2D eigenvalue weighted by atomic mass is 9.98. The maximum atomic E-state index is 13.5. The Morgan fingerprint density at radius 3 is 1.73 bits per heavy atom. The average molecular weight is 513 g/mol. The van der Waals surface area contributed by atoms with Crippen LogP contribution in [0.4, 0.5) is 0 Å². The molecule has 0 bridgehead atoms. The van der Waals surface area contributed by atoms with Gasteiger partial charge in [0, 0.05) is 11.1 Å². The van der Waals surface area contributed by atoms with Crippen LogP contribution in [0, 0.1) is 6.92 Å². The molecule has 0 amide bonds. The van der Waals surface area contributed by atoms with Gasteiger partial charge in [-0.25, -0.2) is 17.9 Å². The fourth-order valence-electron chi connectivity index (χ4n) is 3.96. The topological polar surface area (TPSA) is 84.8 Å². The summed E-state index contributed by atoms with van der Waals surface area (Å²) >= 11 is 0. The second-order valence-electron chi connectivity index (χ2n) is 8.50. The number of carbonyl (C=O) groups excluding carboxylic acids is 1. The van der Waals surface area contributed by atoms with Crippen molar-refractivity contribution in [3.63, 3.8) is 0 Å². The van der Waals surface area contributed by atoms with Gasteiger partial charge in [-0.15, -0.1) is 0 Å². The summed E-state index contributed by atoms with van der Waals surface area (Å²) in [6, 6.07) is 32.1. The van der Waals surface area contributed by atoms with E-state index in [-0.39, 0.29) is 4.90 Å². The van der Waals surface area contributed by atoms with Gasteiger partial charge in [0.25, 0.3) is 0 Å². The van der Waals surface area contributed by atoms with Crippen molar-refractivity contribution in [2.24, 2.45) is 4.99 Å². The SMILES string of the molecule is COC(=O)[C@@H](N=C(c1ccccc1)c1ccccc1)[C@@H](NS(=O)(=O)c1ccc(C)cc1)c1ccccc1. The third-order valence-electron chi connectivity index (χ3n) is 5.89. The molecule has 4 aromatic carbocycles. The number of rotatable bonds is 9. The van der Waals surface area contributed by atoms with Gasteiger partial charge < -0.3 is 4.74 Å². The van der Waals surface area contributed by atoms with Crippen molar-refractivity contribution < 1.29 is 17.9 Å². The van der Waals surface area contributed by atoms with Crippen LogP contribution in [-0.2, 0) is 19.6 Å². The number of sulfonamides is 1. The number of benzene rings is 4. The summed E-state index contributed by atoms with van der Waals surface area (Å²) in [5, 5.41) is 0. The first-order chi connectivity index (χ1) is 17.9. The van der Waals surface area contributed by atoms with E-state index in [1.54, 1.807) is 36.4 Å².